The lowest BCUT2D eigenvalue weighted by Gasteiger charge is -2.50. The number of rotatable bonds is 5. The van der Waals surface area contributed by atoms with Gasteiger partial charge in [0.05, 0.1) is 39.5 Å². The molecule has 8 rings (SSSR count). The maximum Gasteiger partial charge on any atom is 0.271 e. The van der Waals surface area contributed by atoms with Crippen LogP contribution in [-0.4, -0.2) is 33.7 Å². The molecule has 1 saturated carbocycles. The number of nitro benzene ring substituents is 1. The molecule has 2 aliphatic heterocycles. The first-order chi connectivity index (χ1) is 24.0. The standard InChI is InChI=1S/C39H30ClN3O7/c1-21-17-22(13-16-32(21)44)34-28-14-15-29-33(37(47)41(35(29)45)26-11-6-12-27(19-26)43(49)50)30(28)20-31-36(46)42(25-10-5-9-24(40)18-25)38(48)39(31,34)23-7-3-2-4-8-23/h2-14,16-19,29-31,33-34,44H,15,20H2,1H3. The molecular weight excluding hydrogens is 658 g/mol. The van der Waals surface area contributed by atoms with Crippen molar-refractivity contribution in [3.8, 4) is 5.75 Å². The molecule has 4 aliphatic rings. The number of aromatic hydroxyl groups is 1. The highest BCUT2D eigenvalue weighted by molar-refractivity contribution is 6.32. The molecule has 2 heterocycles. The molecule has 6 unspecified atom stereocenters. The molecule has 3 fully saturated rings. The van der Waals surface area contributed by atoms with Gasteiger partial charge in [0.1, 0.15) is 5.75 Å². The number of nitrogens with zero attached hydrogens (tertiary/aromatic N) is 3. The van der Waals surface area contributed by atoms with Crippen LogP contribution in [0.2, 0.25) is 5.02 Å². The molecule has 4 aromatic rings. The Balaban J connectivity index is 1.34. The largest absolute Gasteiger partial charge is 0.508 e. The summed E-state index contributed by atoms with van der Waals surface area (Å²) in [6.07, 6.45) is 2.26. The third kappa shape index (κ3) is 4.41. The molecule has 10 nitrogen and oxygen atoms in total. The minimum Gasteiger partial charge on any atom is -0.508 e. The van der Waals surface area contributed by atoms with Crippen LogP contribution >= 0.6 is 11.6 Å². The van der Waals surface area contributed by atoms with Crippen molar-refractivity contribution < 1.29 is 29.2 Å². The summed E-state index contributed by atoms with van der Waals surface area (Å²) < 4.78 is 0. The molecule has 6 atom stereocenters. The molecule has 0 bridgehead atoms. The Morgan fingerprint density at radius 1 is 0.820 bits per heavy atom. The van der Waals surface area contributed by atoms with Crippen LogP contribution in [0.15, 0.2) is 109 Å². The predicted molar refractivity (Wildman–Crippen MR) is 185 cm³/mol. The Labute approximate surface area is 291 Å². The molecule has 4 aromatic carbocycles. The molecular formula is C39H30ClN3O7. The summed E-state index contributed by atoms with van der Waals surface area (Å²) in [5.74, 6) is -5.64. The molecule has 11 heteroatoms. The average molecular weight is 688 g/mol. The number of phenols is 1. The average Bonchev–Trinajstić information content (AvgIpc) is 3.50. The Morgan fingerprint density at radius 3 is 2.24 bits per heavy atom. The summed E-state index contributed by atoms with van der Waals surface area (Å²) in [6, 6.07) is 26.3. The van der Waals surface area contributed by atoms with Gasteiger partial charge >= 0.3 is 0 Å². The maximum atomic E-state index is 15.3. The fraction of sp³-hybridized carbons (Fsp3) is 0.231. The maximum absolute atomic E-state index is 15.3. The summed E-state index contributed by atoms with van der Waals surface area (Å²) in [6.45, 7) is 1.76. The Hall–Kier alpha value is -5.61. The number of carbonyl (C=O) groups is 4. The van der Waals surface area contributed by atoms with Crippen LogP contribution < -0.4 is 9.80 Å². The van der Waals surface area contributed by atoms with E-state index in [-0.39, 0.29) is 30.0 Å². The van der Waals surface area contributed by atoms with Crippen LogP contribution in [0.1, 0.15) is 35.4 Å². The lowest BCUT2D eigenvalue weighted by Crippen LogP contribution is -2.53. The molecule has 2 saturated heterocycles. The first kappa shape index (κ1) is 31.6. The van der Waals surface area contributed by atoms with Gasteiger partial charge in [-0.15, -0.1) is 0 Å². The predicted octanol–water partition coefficient (Wildman–Crippen LogP) is 6.63. The van der Waals surface area contributed by atoms with Gasteiger partial charge in [-0.1, -0.05) is 77.8 Å². The number of nitro groups is 1. The van der Waals surface area contributed by atoms with Gasteiger partial charge in [-0.25, -0.2) is 9.80 Å². The van der Waals surface area contributed by atoms with Crippen LogP contribution in [0.4, 0.5) is 17.1 Å². The van der Waals surface area contributed by atoms with E-state index >= 15 is 4.79 Å². The number of anilines is 2. The summed E-state index contributed by atoms with van der Waals surface area (Å²) >= 11 is 6.37. The van der Waals surface area contributed by atoms with Crippen molar-refractivity contribution in [3.63, 3.8) is 0 Å². The number of halogens is 1. The van der Waals surface area contributed by atoms with Crippen molar-refractivity contribution in [3.05, 3.63) is 141 Å². The van der Waals surface area contributed by atoms with E-state index in [1.165, 1.54) is 29.2 Å². The number of hydrogen-bond acceptors (Lipinski definition) is 7. The van der Waals surface area contributed by atoms with Crippen molar-refractivity contribution in [2.45, 2.75) is 31.1 Å². The second kappa shape index (κ2) is 11.5. The molecule has 50 heavy (non-hydrogen) atoms. The lowest BCUT2D eigenvalue weighted by molar-refractivity contribution is -0.384. The van der Waals surface area contributed by atoms with Gasteiger partial charge in [0, 0.05) is 23.1 Å². The van der Waals surface area contributed by atoms with E-state index in [2.05, 4.69) is 0 Å². The molecule has 1 N–H and O–H groups in total. The first-order valence-electron chi connectivity index (χ1n) is 16.3. The van der Waals surface area contributed by atoms with Crippen molar-refractivity contribution in [1.29, 1.82) is 0 Å². The van der Waals surface area contributed by atoms with E-state index in [4.69, 9.17) is 11.6 Å². The number of benzene rings is 4. The highest BCUT2D eigenvalue weighted by Crippen LogP contribution is 2.64. The Bertz CT molecular complexity index is 2190. The zero-order valence-electron chi connectivity index (χ0n) is 26.7. The molecule has 4 amide bonds. The lowest BCUT2D eigenvalue weighted by atomic mass is 9.49. The number of non-ortho nitro benzene ring substituents is 1. The fourth-order valence-electron chi connectivity index (χ4n) is 8.98. The topological polar surface area (TPSA) is 138 Å². The van der Waals surface area contributed by atoms with E-state index < -0.39 is 63.6 Å². The van der Waals surface area contributed by atoms with Crippen LogP contribution in [0.3, 0.4) is 0 Å². The van der Waals surface area contributed by atoms with Crippen LogP contribution in [0, 0.1) is 40.7 Å². The van der Waals surface area contributed by atoms with Gasteiger partial charge in [0.25, 0.3) is 5.69 Å². The van der Waals surface area contributed by atoms with Crippen molar-refractivity contribution in [2.24, 2.45) is 23.7 Å². The van der Waals surface area contributed by atoms with Crippen LogP contribution in [-0.2, 0) is 24.6 Å². The van der Waals surface area contributed by atoms with Crippen LogP contribution in [0.5, 0.6) is 5.75 Å². The minimum atomic E-state index is -1.44. The van der Waals surface area contributed by atoms with E-state index in [0.717, 1.165) is 10.5 Å². The zero-order chi connectivity index (χ0) is 35.1. The number of allylic oxidation sites excluding steroid dienone is 2. The van der Waals surface area contributed by atoms with Gasteiger partial charge in [-0.2, -0.15) is 0 Å². The SMILES string of the molecule is Cc1cc(C2C3=CCC4C(=O)N(c5cccc([N+](=O)[O-])c5)C(=O)C4C3CC3C(=O)N(c4cccc(Cl)c4)C(=O)C32c2ccccc2)ccc1O. The molecule has 2 aliphatic carbocycles. The number of imide groups is 2. The van der Waals surface area contributed by atoms with Gasteiger partial charge in [0.15, 0.2) is 0 Å². The Kier molecular flexibility index (Phi) is 7.27. The van der Waals surface area contributed by atoms with Crippen molar-refractivity contribution in [1.82, 2.24) is 0 Å². The third-order valence-electron chi connectivity index (χ3n) is 11.0. The first-order valence-corrected chi connectivity index (χ1v) is 16.7. The smallest absolute Gasteiger partial charge is 0.271 e. The van der Waals surface area contributed by atoms with Gasteiger partial charge in [0.2, 0.25) is 23.6 Å². The normalized spacial score (nSPS) is 27.2. The second-order valence-electron chi connectivity index (χ2n) is 13.4. The number of phenolic OH excluding ortho intramolecular Hbond substituents is 1. The van der Waals surface area contributed by atoms with E-state index in [1.54, 1.807) is 43.3 Å². The molecule has 0 aromatic heterocycles. The van der Waals surface area contributed by atoms with E-state index in [1.807, 2.05) is 42.5 Å². The van der Waals surface area contributed by atoms with E-state index in [0.29, 0.717) is 27.4 Å². The summed E-state index contributed by atoms with van der Waals surface area (Å²) in [7, 11) is 0. The zero-order valence-corrected chi connectivity index (χ0v) is 27.5. The molecule has 250 valence electrons. The quantitative estimate of drug-likeness (QED) is 0.108. The Morgan fingerprint density at radius 2 is 1.54 bits per heavy atom. The number of fused-ring (bicyclic) bond motifs is 4. The fourth-order valence-corrected chi connectivity index (χ4v) is 9.16. The van der Waals surface area contributed by atoms with Gasteiger partial charge in [-0.05, 0) is 72.7 Å². The van der Waals surface area contributed by atoms with Gasteiger partial charge in [-0.3, -0.25) is 29.3 Å². The number of aryl methyl sites for hydroxylation is 1. The monoisotopic (exact) mass is 687 g/mol. The summed E-state index contributed by atoms with van der Waals surface area (Å²) in [5.41, 5.74) is 1.42. The van der Waals surface area contributed by atoms with Crippen molar-refractivity contribution in [2.75, 3.05) is 9.80 Å². The minimum absolute atomic E-state index is 0.0719. The van der Waals surface area contributed by atoms with Crippen molar-refractivity contribution >= 4 is 52.3 Å². The summed E-state index contributed by atoms with van der Waals surface area (Å²) in [5, 5.41) is 22.5. The van der Waals surface area contributed by atoms with Gasteiger partial charge < -0.3 is 5.11 Å². The van der Waals surface area contributed by atoms with Crippen LogP contribution in [0.25, 0.3) is 0 Å². The highest BCUT2D eigenvalue weighted by Gasteiger charge is 2.70. The summed E-state index contributed by atoms with van der Waals surface area (Å²) in [4.78, 5) is 71.7. The molecule has 0 radical (unpaired) electrons. The second-order valence-corrected chi connectivity index (χ2v) is 13.9. The number of carbonyl (C=O) groups excluding carboxylic acids is 4. The van der Waals surface area contributed by atoms with E-state index in [9.17, 15) is 29.6 Å². The highest BCUT2D eigenvalue weighted by atomic mass is 35.5. The number of hydrogen-bond donors (Lipinski definition) is 1. The molecule has 0 spiro atoms. The number of amides is 4. The third-order valence-corrected chi connectivity index (χ3v) is 11.3.